The summed E-state index contributed by atoms with van der Waals surface area (Å²) in [6.07, 6.45) is 1.62. The van der Waals surface area contributed by atoms with Crippen molar-refractivity contribution in [3.8, 4) is 0 Å². The molecule has 144 valence electrons. The van der Waals surface area contributed by atoms with Crippen molar-refractivity contribution in [1.29, 1.82) is 0 Å². The predicted molar refractivity (Wildman–Crippen MR) is 95.9 cm³/mol. The van der Waals surface area contributed by atoms with Gasteiger partial charge in [0.1, 0.15) is 24.6 Å². The fraction of sp³-hybridized carbons (Fsp3) is 0.471. The summed E-state index contributed by atoms with van der Waals surface area (Å²) in [6.45, 7) is 0.285. The van der Waals surface area contributed by atoms with Crippen LogP contribution in [0.4, 0.5) is 5.82 Å². The van der Waals surface area contributed by atoms with Crippen LogP contribution in [-0.2, 0) is 18.2 Å². The maximum atomic E-state index is 10.2. The number of ether oxygens (including phenoxy) is 1. The van der Waals surface area contributed by atoms with Crippen LogP contribution in [0.3, 0.4) is 0 Å². The summed E-state index contributed by atoms with van der Waals surface area (Å²) in [5.74, 6) is 0.583. The molecule has 0 amide bonds. The molecule has 27 heavy (non-hydrogen) atoms. The van der Waals surface area contributed by atoms with Crippen molar-refractivity contribution in [2.75, 3.05) is 18.5 Å². The van der Waals surface area contributed by atoms with Gasteiger partial charge < -0.3 is 29.9 Å². The van der Waals surface area contributed by atoms with Gasteiger partial charge in [-0.25, -0.2) is 15.0 Å². The van der Waals surface area contributed by atoms with E-state index in [-0.39, 0.29) is 6.61 Å². The van der Waals surface area contributed by atoms with Crippen LogP contribution in [0.25, 0.3) is 11.2 Å². The van der Waals surface area contributed by atoms with Gasteiger partial charge in [-0.05, 0) is 12.1 Å². The zero-order valence-electron chi connectivity index (χ0n) is 14.8. The highest BCUT2D eigenvalue weighted by Gasteiger charge is 2.44. The van der Waals surface area contributed by atoms with Crippen molar-refractivity contribution in [2.45, 2.75) is 31.0 Å². The lowest BCUT2D eigenvalue weighted by Crippen LogP contribution is -2.33. The number of hydrogen-bond donors (Lipinski definition) is 4. The van der Waals surface area contributed by atoms with E-state index in [0.29, 0.717) is 23.5 Å². The first kappa shape index (κ1) is 17.9. The van der Waals surface area contributed by atoms with Crippen LogP contribution in [0.2, 0.25) is 0 Å². The first-order valence-corrected chi connectivity index (χ1v) is 8.74. The quantitative estimate of drug-likeness (QED) is 0.451. The minimum Gasteiger partial charge on any atom is -0.394 e. The minimum absolute atomic E-state index is 0.387. The largest absolute Gasteiger partial charge is 0.394 e. The molecule has 0 saturated carbocycles. The highest BCUT2D eigenvalue weighted by atomic mass is 16.6. The second-order valence-corrected chi connectivity index (χ2v) is 6.56. The van der Waals surface area contributed by atoms with Crippen molar-refractivity contribution < 1.29 is 20.1 Å². The van der Waals surface area contributed by atoms with E-state index in [1.807, 2.05) is 19.3 Å². The number of aliphatic hydroxyl groups excluding tert-OH is 3. The number of anilines is 1. The van der Waals surface area contributed by atoms with Crippen molar-refractivity contribution in [1.82, 2.24) is 24.1 Å². The van der Waals surface area contributed by atoms with E-state index in [4.69, 9.17) is 4.74 Å². The molecule has 4 rings (SSSR count). The molecular formula is C17H22N6O4. The monoisotopic (exact) mass is 374 g/mol. The normalized spacial score (nSPS) is 25.3. The highest BCUT2D eigenvalue weighted by molar-refractivity contribution is 5.82. The number of fused-ring (bicyclic) bond motifs is 1. The third-order valence-electron chi connectivity index (χ3n) is 4.87. The first-order chi connectivity index (χ1) is 13.1. The lowest BCUT2D eigenvalue weighted by atomic mass is 10.1. The predicted octanol–water partition coefficient (Wildman–Crippen LogP) is -0.569. The molecule has 10 nitrogen and oxygen atoms in total. The lowest BCUT2D eigenvalue weighted by Gasteiger charge is -2.16. The summed E-state index contributed by atoms with van der Waals surface area (Å²) in [5, 5.41) is 32.7. The molecule has 1 fully saturated rings. The number of hydrogen-bond acceptors (Lipinski definition) is 8. The fourth-order valence-electron chi connectivity index (χ4n) is 3.34. The second-order valence-electron chi connectivity index (χ2n) is 6.56. The van der Waals surface area contributed by atoms with E-state index in [1.165, 1.54) is 18.3 Å². The molecule has 1 aliphatic heterocycles. The third kappa shape index (κ3) is 3.16. The number of aryl methyl sites for hydroxylation is 1. The summed E-state index contributed by atoms with van der Waals surface area (Å²) < 4.78 is 9.17. The maximum absolute atomic E-state index is 10.2. The smallest absolute Gasteiger partial charge is 0.167 e. The van der Waals surface area contributed by atoms with E-state index >= 15 is 0 Å². The molecule has 0 aromatic carbocycles. The Kier molecular flexibility index (Phi) is 4.79. The van der Waals surface area contributed by atoms with Gasteiger partial charge in [-0.15, -0.1) is 0 Å². The average molecular weight is 374 g/mol. The van der Waals surface area contributed by atoms with Gasteiger partial charge in [0.15, 0.2) is 23.2 Å². The van der Waals surface area contributed by atoms with Gasteiger partial charge in [0.2, 0.25) is 0 Å². The summed E-state index contributed by atoms with van der Waals surface area (Å²) in [7, 11) is 2.00. The van der Waals surface area contributed by atoms with E-state index in [1.54, 1.807) is 4.57 Å². The third-order valence-corrected chi connectivity index (χ3v) is 4.87. The molecular weight excluding hydrogens is 352 g/mol. The van der Waals surface area contributed by atoms with Crippen molar-refractivity contribution >= 4 is 17.0 Å². The van der Waals surface area contributed by atoms with E-state index in [9.17, 15) is 15.3 Å². The SMILES string of the molecule is Cn1cccc1CCNc1ncnc2c1ncn2C1O[C@H](CO)[C@@H](O)[C@H]1O. The summed E-state index contributed by atoms with van der Waals surface area (Å²) in [5.41, 5.74) is 2.22. The Morgan fingerprint density at radius 2 is 2.07 bits per heavy atom. The highest BCUT2D eigenvalue weighted by Crippen LogP contribution is 2.32. The van der Waals surface area contributed by atoms with Crippen molar-refractivity contribution in [2.24, 2.45) is 7.05 Å². The average Bonchev–Trinajstić information content (AvgIpc) is 3.35. The Morgan fingerprint density at radius 1 is 1.22 bits per heavy atom. The lowest BCUT2D eigenvalue weighted by molar-refractivity contribution is -0.0511. The summed E-state index contributed by atoms with van der Waals surface area (Å²) in [4.78, 5) is 12.8. The van der Waals surface area contributed by atoms with Gasteiger partial charge in [0.05, 0.1) is 12.9 Å². The molecule has 4 heterocycles. The van der Waals surface area contributed by atoms with Crippen LogP contribution >= 0.6 is 0 Å². The molecule has 3 aromatic heterocycles. The fourth-order valence-corrected chi connectivity index (χ4v) is 3.34. The number of aromatic nitrogens is 5. The zero-order chi connectivity index (χ0) is 19.0. The molecule has 0 spiro atoms. The Morgan fingerprint density at radius 3 is 2.78 bits per heavy atom. The Hall–Kier alpha value is -2.53. The molecule has 0 radical (unpaired) electrons. The standard InChI is InChI=1S/C17H22N6O4/c1-22-6-2-3-10(22)4-5-18-15-12-16(20-8-19-15)23(9-21-12)17-14(26)13(25)11(7-24)27-17/h2-3,6,8-9,11,13-14,17,24-26H,4-5,7H2,1H3,(H,18,19,20)/t11-,13-,14-,17?/m1/s1. The molecule has 0 bridgehead atoms. The first-order valence-electron chi connectivity index (χ1n) is 8.74. The zero-order valence-corrected chi connectivity index (χ0v) is 14.8. The van der Waals surface area contributed by atoms with E-state index < -0.39 is 24.5 Å². The number of nitrogens with one attached hydrogen (secondary N) is 1. The summed E-state index contributed by atoms with van der Waals surface area (Å²) >= 11 is 0. The number of rotatable bonds is 6. The van der Waals surface area contributed by atoms with Gasteiger partial charge in [-0.3, -0.25) is 4.57 Å². The van der Waals surface area contributed by atoms with Crippen LogP contribution in [0.1, 0.15) is 11.9 Å². The molecule has 0 aliphatic carbocycles. The molecule has 10 heteroatoms. The van der Waals surface area contributed by atoms with Crippen LogP contribution in [0.5, 0.6) is 0 Å². The van der Waals surface area contributed by atoms with E-state index in [2.05, 4.69) is 30.9 Å². The van der Waals surface area contributed by atoms with Crippen molar-refractivity contribution in [3.63, 3.8) is 0 Å². The second kappa shape index (κ2) is 7.24. The number of nitrogens with zero attached hydrogens (tertiary/aromatic N) is 5. The molecule has 1 unspecified atom stereocenters. The molecule has 3 aromatic rings. The van der Waals surface area contributed by atoms with Crippen molar-refractivity contribution in [3.05, 3.63) is 36.7 Å². The Labute approximate surface area is 155 Å². The van der Waals surface area contributed by atoms with Crippen LogP contribution in [-0.4, -0.2) is 70.9 Å². The van der Waals surface area contributed by atoms with Gasteiger partial charge >= 0.3 is 0 Å². The molecule has 4 N–H and O–H groups in total. The van der Waals surface area contributed by atoms with Crippen LogP contribution < -0.4 is 5.32 Å². The van der Waals surface area contributed by atoms with E-state index in [0.717, 1.165) is 6.42 Å². The van der Waals surface area contributed by atoms with Gasteiger partial charge in [0.25, 0.3) is 0 Å². The molecule has 4 atom stereocenters. The minimum atomic E-state index is -1.19. The number of aliphatic hydroxyl groups is 3. The van der Waals surface area contributed by atoms with Crippen LogP contribution in [0.15, 0.2) is 31.0 Å². The topological polar surface area (TPSA) is 130 Å². The van der Waals surface area contributed by atoms with Crippen LogP contribution in [0, 0.1) is 0 Å². The van der Waals surface area contributed by atoms with Gasteiger partial charge in [0, 0.05) is 31.9 Å². The Bertz CT molecular complexity index is 925. The van der Waals surface area contributed by atoms with Gasteiger partial charge in [-0.1, -0.05) is 0 Å². The maximum Gasteiger partial charge on any atom is 0.167 e. The molecule has 1 aliphatic rings. The number of imidazole rings is 1. The summed E-state index contributed by atoms with van der Waals surface area (Å²) in [6, 6.07) is 4.06. The van der Waals surface area contributed by atoms with Gasteiger partial charge in [-0.2, -0.15) is 0 Å². The Balaban J connectivity index is 1.54. The molecule has 1 saturated heterocycles.